The molecule has 12 nitrogen and oxygen atoms in total. The molecule has 14 heteroatoms. The van der Waals surface area contributed by atoms with E-state index in [-0.39, 0.29) is 31.4 Å². The molecule has 0 aromatic carbocycles. The second-order valence-corrected chi connectivity index (χ2v) is 17.1. The fraction of sp³-hybridized carbons (Fsp3) is 0.975. The zero-order valence-electron chi connectivity index (χ0n) is 34.5. The summed E-state index contributed by atoms with van der Waals surface area (Å²) in [7, 11) is -4.02. The molecule has 0 aliphatic rings. The molecule has 0 aliphatic heterocycles. The average molecular weight is 815 g/mol. The number of thioether (sulfide) groups is 1. The maximum absolute atomic E-state index is 12.5. The van der Waals surface area contributed by atoms with Gasteiger partial charge < -0.3 is 49.3 Å². The zero-order chi connectivity index (χ0) is 39.6. The molecular weight excluding hydrogens is 731 g/mol. The number of nitrogens with two attached hydrogens (primary N) is 1. The van der Waals surface area contributed by atoms with Crippen LogP contribution >= 0.6 is 19.4 Å². The predicted molar refractivity (Wildman–Crippen MR) is 223 cm³/mol. The van der Waals surface area contributed by atoms with Gasteiger partial charge in [-0.3, -0.25) is 9.36 Å². The summed E-state index contributed by atoms with van der Waals surface area (Å²) in [6.07, 6.45) is 25.8. The lowest BCUT2D eigenvalue weighted by Crippen LogP contribution is -2.43. The van der Waals surface area contributed by atoms with E-state index in [1.54, 1.807) is 11.8 Å². The Bertz CT molecular complexity index is 830. The Morgan fingerprint density at radius 3 is 1.48 bits per heavy atom. The number of nitrogens with one attached hydrogen (secondary N) is 1. The van der Waals surface area contributed by atoms with E-state index in [9.17, 15) is 9.36 Å². The second-order valence-electron chi connectivity index (χ2n) is 14.2. The van der Waals surface area contributed by atoms with Crippen LogP contribution in [0.2, 0.25) is 0 Å². The van der Waals surface area contributed by atoms with Crippen molar-refractivity contribution in [2.45, 2.75) is 154 Å². The number of ether oxygens (including phenoxy) is 6. The van der Waals surface area contributed by atoms with Crippen molar-refractivity contribution in [3.8, 4) is 0 Å². The first kappa shape index (κ1) is 53.7. The van der Waals surface area contributed by atoms with Crippen LogP contribution in [0.4, 0.5) is 0 Å². The van der Waals surface area contributed by atoms with Gasteiger partial charge in [0, 0.05) is 31.3 Å². The fourth-order valence-electron chi connectivity index (χ4n) is 5.62. The predicted octanol–water partition coefficient (Wildman–Crippen LogP) is 7.65. The van der Waals surface area contributed by atoms with Gasteiger partial charge in [-0.25, -0.2) is 0 Å². The summed E-state index contributed by atoms with van der Waals surface area (Å²) < 4.78 is 44.5. The highest BCUT2D eigenvalue weighted by molar-refractivity contribution is 7.99. The number of amides is 1. The van der Waals surface area contributed by atoms with E-state index < -0.39 is 13.6 Å². The lowest BCUT2D eigenvalue weighted by atomic mass is 10.1. The van der Waals surface area contributed by atoms with Gasteiger partial charge in [-0.2, -0.15) is 11.8 Å². The summed E-state index contributed by atoms with van der Waals surface area (Å²) >= 11 is 1.64. The van der Waals surface area contributed by atoms with Gasteiger partial charge in [0.2, 0.25) is 5.91 Å². The molecule has 0 aliphatic carbocycles. The summed E-state index contributed by atoms with van der Waals surface area (Å²) in [5.41, 5.74) is 6.19. The topological polar surface area (TPSA) is 168 Å². The molecule has 0 bridgehead atoms. The van der Waals surface area contributed by atoms with E-state index >= 15 is 0 Å². The minimum atomic E-state index is -4.02. The molecule has 0 saturated heterocycles. The van der Waals surface area contributed by atoms with Gasteiger partial charge in [0.1, 0.15) is 0 Å². The van der Waals surface area contributed by atoms with Crippen LogP contribution in [0.5, 0.6) is 0 Å². The zero-order valence-corrected chi connectivity index (χ0v) is 36.2. The molecule has 0 fully saturated rings. The SMILES string of the molecule is CCCCCCCCCCCCOC[C@H](CSC[C@H](N)C(=O)NCCOCCOCCOCCOCCP(=O)(O)O)OCCCCCCCCCCCC. The summed E-state index contributed by atoms with van der Waals surface area (Å²) in [4.78, 5) is 30.1. The molecule has 5 N–H and O–H groups in total. The maximum atomic E-state index is 12.5. The Hall–Kier alpha value is -0.310. The molecular formula is C40H83N2O10PS. The van der Waals surface area contributed by atoms with Gasteiger partial charge in [-0.1, -0.05) is 129 Å². The van der Waals surface area contributed by atoms with Crippen molar-refractivity contribution in [3.63, 3.8) is 0 Å². The fourth-order valence-corrected chi connectivity index (χ4v) is 6.98. The molecule has 0 heterocycles. The van der Waals surface area contributed by atoms with E-state index in [1.807, 2.05) is 0 Å². The molecule has 0 unspecified atom stereocenters. The first-order chi connectivity index (χ1) is 26.3. The van der Waals surface area contributed by atoms with Crippen LogP contribution in [-0.2, 0) is 37.8 Å². The Labute approximate surface area is 334 Å². The van der Waals surface area contributed by atoms with E-state index in [0.29, 0.717) is 58.5 Å². The van der Waals surface area contributed by atoms with Crippen molar-refractivity contribution < 1.29 is 47.6 Å². The summed E-state index contributed by atoms with van der Waals surface area (Å²) in [5.74, 6) is 1.07. The second kappa shape index (κ2) is 42.3. The summed E-state index contributed by atoms with van der Waals surface area (Å²) in [6.45, 7) is 9.52. The van der Waals surface area contributed by atoms with Crippen LogP contribution < -0.4 is 11.1 Å². The number of rotatable bonds is 45. The Morgan fingerprint density at radius 2 is 1.00 bits per heavy atom. The molecule has 324 valence electrons. The van der Waals surface area contributed by atoms with Crippen molar-refractivity contribution in [2.24, 2.45) is 5.73 Å². The van der Waals surface area contributed by atoms with Crippen molar-refractivity contribution >= 4 is 25.3 Å². The highest BCUT2D eigenvalue weighted by atomic mass is 32.2. The molecule has 0 rings (SSSR count). The van der Waals surface area contributed by atoms with Crippen LogP contribution in [0.25, 0.3) is 0 Å². The number of hydrogen-bond donors (Lipinski definition) is 4. The largest absolute Gasteiger partial charge is 0.379 e. The molecule has 0 aromatic heterocycles. The van der Waals surface area contributed by atoms with Crippen LogP contribution in [0, 0.1) is 0 Å². The lowest BCUT2D eigenvalue weighted by molar-refractivity contribution is -0.122. The third kappa shape index (κ3) is 42.8. The van der Waals surface area contributed by atoms with E-state index in [2.05, 4.69) is 19.2 Å². The number of unbranched alkanes of at least 4 members (excludes halogenated alkanes) is 18. The monoisotopic (exact) mass is 815 g/mol. The van der Waals surface area contributed by atoms with Gasteiger partial charge >= 0.3 is 7.60 Å². The third-order valence-electron chi connectivity index (χ3n) is 8.92. The van der Waals surface area contributed by atoms with Crippen LogP contribution in [0.1, 0.15) is 142 Å². The first-order valence-corrected chi connectivity index (χ1v) is 24.4. The molecule has 0 radical (unpaired) electrons. The normalized spacial score (nSPS) is 13.1. The Morgan fingerprint density at radius 1 is 0.574 bits per heavy atom. The first-order valence-electron chi connectivity index (χ1n) is 21.5. The lowest BCUT2D eigenvalue weighted by Gasteiger charge is -2.19. The smallest absolute Gasteiger partial charge is 0.327 e. The average Bonchev–Trinajstić information content (AvgIpc) is 3.14. The Kier molecular flexibility index (Phi) is 42.1. The highest BCUT2D eigenvalue weighted by Crippen LogP contribution is 2.33. The quantitative estimate of drug-likeness (QED) is 0.0351. The van der Waals surface area contributed by atoms with Crippen LogP contribution in [-0.4, -0.2) is 125 Å². The van der Waals surface area contributed by atoms with Crippen molar-refractivity contribution in [1.29, 1.82) is 0 Å². The van der Waals surface area contributed by atoms with E-state index in [4.69, 9.17) is 43.9 Å². The van der Waals surface area contributed by atoms with Gasteiger partial charge in [0.15, 0.2) is 0 Å². The highest BCUT2D eigenvalue weighted by Gasteiger charge is 2.16. The number of carbonyl (C=O) groups is 1. The standard InChI is InChI=1S/C40H83N2O10PS/c1-3-5-7-9-11-13-15-17-19-21-24-51-35-38(52-25-22-20-18-16-14-12-10-8-6-4-2)36-54-37-39(41)40(43)42-23-26-47-27-28-48-29-30-49-31-32-50-33-34-53(44,45)46/h38-39H,3-37,41H2,1-2H3,(H,42,43)(H2,44,45,46)/t38-,39+/m1/s1. The number of hydrogen-bond acceptors (Lipinski definition) is 10. The Balaban J connectivity index is 4.07. The summed E-state index contributed by atoms with van der Waals surface area (Å²) in [5, 5.41) is 2.85. The van der Waals surface area contributed by atoms with Gasteiger partial charge in [-0.05, 0) is 12.8 Å². The molecule has 0 spiro atoms. The van der Waals surface area contributed by atoms with Gasteiger partial charge in [-0.15, -0.1) is 0 Å². The third-order valence-corrected chi connectivity index (χ3v) is 10.9. The van der Waals surface area contributed by atoms with Crippen LogP contribution in [0.3, 0.4) is 0 Å². The minimum Gasteiger partial charge on any atom is -0.379 e. The van der Waals surface area contributed by atoms with Gasteiger partial charge in [0.25, 0.3) is 0 Å². The number of carbonyl (C=O) groups excluding carboxylic acids is 1. The maximum Gasteiger partial charge on any atom is 0.327 e. The van der Waals surface area contributed by atoms with Crippen molar-refractivity contribution in [3.05, 3.63) is 0 Å². The molecule has 0 saturated carbocycles. The van der Waals surface area contributed by atoms with Gasteiger partial charge in [0.05, 0.1) is 77.8 Å². The van der Waals surface area contributed by atoms with E-state index in [0.717, 1.165) is 31.8 Å². The molecule has 54 heavy (non-hydrogen) atoms. The van der Waals surface area contributed by atoms with Crippen LogP contribution in [0.15, 0.2) is 0 Å². The van der Waals surface area contributed by atoms with Crippen molar-refractivity contribution in [1.82, 2.24) is 5.32 Å². The molecule has 1 amide bonds. The minimum absolute atomic E-state index is 0.00237. The molecule has 2 atom stereocenters. The van der Waals surface area contributed by atoms with Crippen molar-refractivity contribution in [2.75, 3.05) is 96.9 Å². The van der Waals surface area contributed by atoms with E-state index in [1.165, 1.54) is 116 Å². The molecule has 0 aromatic rings. The summed E-state index contributed by atoms with van der Waals surface area (Å²) in [6, 6.07) is -0.606.